The Morgan fingerprint density at radius 2 is 1.67 bits per heavy atom. The van der Waals surface area contributed by atoms with Crippen molar-refractivity contribution in [3.63, 3.8) is 0 Å². The molecule has 64 valence electrons. The van der Waals surface area contributed by atoms with E-state index in [0.717, 1.165) is 5.56 Å². The summed E-state index contributed by atoms with van der Waals surface area (Å²) in [5, 5.41) is 0. The first kappa shape index (κ1) is 8.41. The molecule has 1 saturated carbocycles. The molecule has 0 saturated heterocycles. The van der Waals surface area contributed by atoms with Crippen LogP contribution in [0.5, 0.6) is 0 Å². The van der Waals surface area contributed by atoms with Crippen molar-refractivity contribution in [3.8, 4) is 0 Å². The first-order chi connectivity index (χ1) is 5.64. The van der Waals surface area contributed by atoms with Gasteiger partial charge in [0.15, 0.2) is 0 Å². The van der Waals surface area contributed by atoms with Crippen LogP contribution >= 0.6 is 22.6 Å². The molecule has 0 heterocycles. The van der Waals surface area contributed by atoms with Crippen LogP contribution in [0.15, 0.2) is 30.3 Å². The van der Waals surface area contributed by atoms with E-state index in [4.69, 9.17) is 0 Å². The second-order valence-corrected chi connectivity index (χ2v) is 4.31. The van der Waals surface area contributed by atoms with Gasteiger partial charge < -0.3 is 0 Å². The Morgan fingerprint density at radius 1 is 1.17 bits per heavy atom. The van der Waals surface area contributed by atoms with E-state index in [-0.39, 0.29) is 0 Å². The van der Waals surface area contributed by atoms with Crippen LogP contribution in [-0.4, -0.2) is 9.85 Å². The molecule has 0 spiro atoms. The van der Waals surface area contributed by atoms with Crippen molar-refractivity contribution in [3.05, 3.63) is 35.9 Å². The number of rotatable bonds is 1. The van der Waals surface area contributed by atoms with Crippen molar-refractivity contribution in [1.29, 1.82) is 0 Å². The van der Waals surface area contributed by atoms with Crippen LogP contribution in [0, 0.1) is 0 Å². The minimum atomic E-state index is -2.48. The van der Waals surface area contributed by atoms with E-state index in [1.54, 1.807) is 24.3 Å². The van der Waals surface area contributed by atoms with Gasteiger partial charge in [0.25, 0.3) is 5.92 Å². The van der Waals surface area contributed by atoms with Gasteiger partial charge in [-0.05, 0) is 5.56 Å². The van der Waals surface area contributed by atoms with E-state index in [2.05, 4.69) is 0 Å². The summed E-state index contributed by atoms with van der Waals surface area (Å²) >= 11 is 1.81. The van der Waals surface area contributed by atoms with E-state index in [1.165, 1.54) is 0 Å². The molecule has 1 aromatic carbocycles. The predicted molar refractivity (Wildman–Crippen MR) is 51.9 cm³/mol. The topological polar surface area (TPSA) is 0 Å². The molecule has 0 nitrogen and oxygen atoms in total. The third-order valence-corrected chi connectivity index (χ3v) is 3.67. The Morgan fingerprint density at radius 3 is 2.08 bits per heavy atom. The molecule has 1 aliphatic carbocycles. The third kappa shape index (κ3) is 1.14. The minimum Gasteiger partial charge on any atom is -0.205 e. The van der Waals surface area contributed by atoms with Gasteiger partial charge in [-0.15, -0.1) is 0 Å². The second-order valence-electron chi connectivity index (χ2n) is 2.96. The summed E-state index contributed by atoms with van der Waals surface area (Å²) in [7, 11) is 0. The number of alkyl halides is 3. The lowest BCUT2D eigenvalue weighted by atomic mass is 10.1. The second kappa shape index (κ2) is 2.65. The lowest BCUT2D eigenvalue weighted by molar-refractivity contribution is 0.115. The fourth-order valence-corrected chi connectivity index (χ4v) is 2.42. The summed E-state index contributed by atoms with van der Waals surface area (Å²) in [6, 6.07) is 8.96. The van der Waals surface area contributed by atoms with Crippen molar-refractivity contribution in [1.82, 2.24) is 0 Å². The average molecular weight is 280 g/mol. The predicted octanol–water partition coefficient (Wildman–Crippen LogP) is 3.22. The number of hydrogen-bond donors (Lipinski definition) is 0. The van der Waals surface area contributed by atoms with Gasteiger partial charge in [-0.1, -0.05) is 52.9 Å². The van der Waals surface area contributed by atoms with Crippen LogP contribution in [0.1, 0.15) is 11.5 Å². The number of hydrogen-bond acceptors (Lipinski definition) is 0. The van der Waals surface area contributed by atoms with Crippen LogP contribution in [0.25, 0.3) is 0 Å². The molecule has 2 atom stereocenters. The molecular formula is C9H7F2I. The zero-order valence-electron chi connectivity index (χ0n) is 6.18. The molecule has 12 heavy (non-hydrogen) atoms. The van der Waals surface area contributed by atoms with Crippen molar-refractivity contribution in [2.75, 3.05) is 0 Å². The molecule has 0 N–H and O–H groups in total. The monoisotopic (exact) mass is 280 g/mol. The van der Waals surface area contributed by atoms with Crippen LogP contribution in [-0.2, 0) is 0 Å². The standard InChI is InChI=1S/C9H7F2I/c10-9(11)7(8(9)12)6-4-2-1-3-5-6/h1-5,7-8H/t7-,8-/m1/s1. The van der Waals surface area contributed by atoms with E-state index in [1.807, 2.05) is 28.7 Å². The molecule has 1 fully saturated rings. The van der Waals surface area contributed by atoms with Crippen LogP contribution in [0.2, 0.25) is 0 Å². The molecule has 2 rings (SSSR count). The van der Waals surface area contributed by atoms with Gasteiger partial charge in [0.1, 0.15) is 0 Å². The van der Waals surface area contributed by atoms with Gasteiger partial charge in [0, 0.05) is 0 Å². The van der Waals surface area contributed by atoms with Crippen molar-refractivity contribution in [2.45, 2.75) is 15.8 Å². The molecule has 0 unspecified atom stereocenters. The average Bonchev–Trinajstić information content (AvgIpc) is 2.53. The van der Waals surface area contributed by atoms with Gasteiger partial charge in [-0.25, -0.2) is 8.78 Å². The van der Waals surface area contributed by atoms with Crippen molar-refractivity contribution >= 4 is 22.6 Å². The van der Waals surface area contributed by atoms with E-state index in [9.17, 15) is 8.78 Å². The Labute approximate surface area is 83.1 Å². The Bertz CT molecular complexity index is 284. The normalized spacial score (nSPS) is 31.6. The van der Waals surface area contributed by atoms with Gasteiger partial charge in [0.2, 0.25) is 0 Å². The molecule has 0 aliphatic heterocycles. The highest BCUT2D eigenvalue weighted by atomic mass is 127. The summed E-state index contributed by atoms with van der Waals surface area (Å²) < 4.78 is 25.2. The SMILES string of the molecule is FC1(F)[C@H](I)[C@H]1c1ccccc1. The zero-order chi connectivity index (χ0) is 8.77. The molecule has 1 aliphatic rings. The number of benzene rings is 1. The van der Waals surface area contributed by atoms with Gasteiger partial charge in [-0.2, -0.15) is 0 Å². The maximum Gasteiger partial charge on any atom is 0.268 e. The summed E-state index contributed by atoms with van der Waals surface area (Å²) in [4.78, 5) is 0. The first-order valence-corrected chi connectivity index (χ1v) is 4.95. The quantitative estimate of drug-likeness (QED) is 0.547. The van der Waals surface area contributed by atoms with Crippen LogP contribution in [0.4, 0.5) is 8.78 Å². The lowest BCUT2D eigenvalue weighted by Crippen LogP contribution is -1.93. The molecule has 1 aromatic rings. The fraction of sp³-hybridized carbons (Fsp3) is 0.333. The van der Waals surface area contributed by atoms with Crippen LogP contribution in [0.3, 0.4) is 0 Å². The van der Waals surface area contributed by atoms with Crippen molar-refractivity contribution < 1.29 is 8.78 Å². The summed E-state index contributed by atoms with van der Waals surface area (Å²) in [6.07, 6.45) is 0. The molecule has 3 heteroatoms. The Hall–Kier alpha value is -0.190. The van der Waals surface area contributed by atoms with Crippen molar-refractivity contribution in [2.24, 2.45) is 0 Å². The zero-order valence-corrected chi connectivity index (χ0v) is 8.33. The summed E-state index contributed by atoms with van der Waals surface area (Å²) in [5.41, 5.74) is 0.752. The lowest BCUT2D eigenvalue weighted by Gasteiger charge is -1.95. The highest BCUT2D eigenvalue weighted by Crippen LogP contribution is 2.60. The van der Waals surface area contributed by atoms with E-state index >= 15 is 0 Å². The van der Waals surface area contributed by atoms with E-state index in [0.29, 0.717) is 0 Å². The molecule has 0 radical (unpaired) electrons. The molecular weight excluding hydrogens is 273 g/mol. The summed E-state index contributed by atoms with van der Waals surface area (Å²) in [5.74, 6) is -3.04. The molecule has 0 amide bonds. The minimum absolute atomic E-state index is 0.516. The van der Waals surface area contributed by atoms with Crippen LogP contribution < -0.4 is 0 Å². The summed E-state index contributed by atoms with van der Waals surface area (Å²) in [6.45, 7) is 0. The maximum atomic E-state index is 12.9. The maximum absolute atomic E-state index is 12.9. The largest absolute Gasteiger partial charge is 0.268 e. The fourth-order valence-electron chi connectivity index (χ4n) is 1.34. The third-order valence-electron chi connectivity index (χ3n) is 2.12. The number of halogens is 3. The molecule has 0 aromatic heterocycles. The first-order valence-electron chi connectivity index (χ1n) is 3.71. The molecule has 0 bridgehead atoms. The highest BCUT2D eigenvalue weighted by Gasteiger charge is 2.67. The van der Waals surface area contributed by atoms with Gasteiger partial charge in [0.05, 0.1) is 9.84 Å². The van der Waals surface area contributed by atoms with E-state index < -0.39 is 15.8 Å². The Balaban J connectivity index is 2.25. The highest BCUT2D eigenvalue weighted by molar-refractivity contribution is 14.1. The smallest absolute Gasteiger partial charge is 0.205 e. The van der Waals surface area contributed by atoms with Gasteiger partial charge >= 0.3 is 0 Å². The van der Waals surface area contributed by atoms with Gasteiger partial charge in [-0.3, -0.25) is 0 Å². The Kier molecular flexibility index (Phi) is 1.86.